The fraction of sp³-hybridized carbons (Fsp3) is 0.917. The summed E-state index contributed by atoms with van der Waals surface area (Å²) in [6.45, 7) is 2.74. The minimum absolute atomic E-state index is 0.0817. The highest BCUT2D eigenvalue weighted by Gasteiger charge is 2.17. The van der Waals surface area contributed by atoms with Crippen LogP contribution in [0.5, 0.6) is 0 Å². The number of carbonyl (C=O) groups is 1. The van der Waals surface area contributed by atoms with Crippen molar-refractivity contribution in [1.29, 1.82) is 0 Å². The van der Waals surface area contributed by atoms with Crippen LogP contribution in [-0.2, 0) is 4.79 Å². The van der Waals surface area contributed by atoms with E-state index in [2.05, 4.69) is 10.6 Å². The molecular weight excluding hydrogens is 188 g/mol. The Morgan fingerprint density at radius 1 is 1.27 bits per heavy atom. The number of rotatable bonds is 4. The molecule has 1 amide bonds. The molecule has 3 heteroatoms. The van der Waals surface area contributed by atoms with Crippen LogP contribution < -0.4 is 10.6 Å². The summed E-state index contributed by atoms with van der Waals surface area (Å²) in [5.41, 5.74) is 0. The van der Waals surface area contributed by atoms with Crippen LogP contribution in [0, 0.1) is 5.92 Å². The maximum Gasteiger partial charge on any atom is 0.224 e. The number of carbonyl (C=O) groups excluding carboxylic acids is 1. The lowest BCUT2D eigenvalue weighted by atomic mass is 10.1. The molecule has 3 nitrogen and oxygen atoms in total. The van der Waals surface area contributed by atoms with Crippen LogP contribution in [0.2, 0.25) is 0 Å². The van der Waals surface area contributed by atoms with Crippen molar-refractivity contribution >= 4 is 5.91 Å². The first-order valence-electron chi connectivity index (χ1n) is 6.19. The van der Waals surface area contributed by atoms with Crippen LogP contribution >= 0.6 is 0 Å². The summed E-state index contributed by atoms with van der Waals surface area (Å²) < 4.78 is 0. The van der Waals surface area contributed by atoms with Gasteiger partial charge in [0, 0.05) is 18.5 Å². The Labute approximate surface area is 93.0 Å². The fourth-order valence-electron chi connectivity index (χ4n) is 2.17. The molecule has 1 unspecified atom stereocenters. The zero-order valence-electron chi connectivity index (χ0n) is 10.0. The second-order valence-corrected chi connectivity index (χ2v) is 4.66. The third-order valence-corrected chi connectivity index (χ3v) is 3.16. The van der Waals surface area contributed by atoms with E-state index in [4.69, 9.17) is 0 Å². The van der Waals surface area contributed by atoms with Crippen LogP contribution in [0.4, 0.5) is 0 Å². The van der Waals surface area contributed by atoms with Gasteiger partial charge in [-0.2, -0.15) is 0 Å². The summed E-state index contributed by atoms with van der Waals surface area (Å²) in [5, 5.41) is 6.20. The van der Waals surface area contributed by atoms with Gasteiger partial charge in [0.15, 0.2) is 0 Å². The van der Waals surface area contributed by atoms with Gasteiger partial charge in [-0.15, -0.1) is 0 Å². The van der Waals surface area contributed by atoms with Crippen molar-refractivity contribution in [2.75, 3.05) is 13.6 Å². The van der Waals surface area contributed by atoms with E-state index in [9.17, 15) is 4.79 Å². The van der Waals surface area contributed by atoms with Crippen LogP contribution in [0.1, 0.15) is 45.4 Å². The number of amides is 1. The molecule has 15 heavy (non-hydrogen) atoms. The van der Waals surface area contributed by atoms with Crippen LogP contribution in [-0.4, -0.2) is 25.5 Å². The summed E-state index contributed by atoms with van der Waals surface area (Å²) in [7, 11) is 1.88. The van der Waals surface area contributed by atoms with E-state index in [1.165, 1.54) is 25.7 Å². The van der Waals surface area contributed by atoms with Gasteiger partial charge in [-0.3, -0.25) is 4.79 Å². The average Bonchev–Trinajstić information content (AvgIpc) is 2.46. The number of hydrogen-bond acceptors (Lipinski definition) is 2. The molecule has 0 heterocycles. The van der Waals surface area contributed by atoms with Gasteiger partial charge in [-0.1, -0.05) is 32.6 Å². The third kappa shape index (κ3) is 4.65. The van der Waals surface area contributed by atoms with Crippen molar-refractivity contribution < 1.29 is 4.79 Å². The van der Waals surface area contributed by atoms with E-state index in [0.717, 1.165) is 19.4 Å². The number of nitrogens with one attached hydrogen (secondary N) is 2. The first-order valence-corrected chi connectivity index (χ1v) is 6.19. The smallest absolute Gasteiger partial charge is 0.224 e. The van der Waals surface area contributed by atoms with Crippen LogP contribution in [0.25, 0.3) is 0 Å². The highest BCUT2D eigenvalue weighted by atomic mass is 16.1. The van der Waals surface area contributed by atoms with E-state index >= 15 is 0 Å². The topological polar surface area (TPSA) is 41.1 Å². The lowest BCUT2D eigenvalue weighted by molar-refractivity contribution is -0.125. The first kappa shape index (κ1) is 12.5. The minimum Gasteiger partial charge on any atom is -0.353 e. The molecule has 0 aliphatic heterocycles. The van der Waals surface area contributed by atoms with Gasteiger partial charge in [0.1, 0.15) is 0 Å². The summed E-state index contributed by atoms with van der Waals surface area (Å²) in [6, 6.07) is 0.430. The largest absolute Gasteiger partial charge is 0.353 e. The van der Waals surface area contributed by atoms with Crippen molar-refractivity contribution in [2.24, 2.45) is 5.92 Å². The van der Waals surface area contributed by atoms with E-state index in [0.29, 0.717) is 6.04 Å². The molecule has 0 radical (unpaired) electrons. The minimum atomic E-state index is 0.0817. The van der Waals surface area contributed by atoms with Crippen molar-refractivity contribution in [1.82, 2.24) is 10.6 Å². The first-order chi connectivity index (χ1) is 7.24. The Morgan fingerprint density at radius 2 is 1.87 bits per heavy atom. The highest BCUT2D eigenvalue weighted by Crippen LogP contribution is 2.17. The van der Waals surface area contributed by atoms with Crippen molar-refractivity contribution in [3.63, 3.8) is 0 Å². The maximum atomic E-state index is 11.8. The molecule has 0 aromatic heterocycles. The predicted octanol–water partition coefficient (Wildman–Crippen LogP) is 1.68. The van der Waals surface area contributed by atoms with Gasteiger partial charge in [0.05, 0.1) is 0 Å². The van der Waals surface area contributed by atoms with E-state index in [1.54, 1.807) is 0 Å². The van der Waals surface area contributed by atoms with E-state index in [1.807, 2.05) is 14.0 Å². The van der Waals surface area contributed by atoms with Crippen molar-refractivity contribution in [3.8, 4) is 0 Å². The van der Waals surface area contributed by atoms with Crippen LogP contribution in [0.3, 0.4) is 0 Å². The molecule has 1 saturated carbocycles. The molecule has 1 aliphatic rings. The van der Waals surface area contributed by atoms with E-state index < -0.39 is 0 Å². The average molecular weight is 212 g/mol. The molecular formula is C12H24N2O. The lowest BCUT2D eigenvalue weighted by Crippen LogP contribution is -2.40. The predicted molar refractivity (Wildman–Crippen MR) is 62.7 cm³/mol. The molecule has 2 N–H and O–H groups in total. The number of hydrogen-bond donors (Lipinski definition) is 2. The van der Waals surface area contributed by atoms with Crippen molar-refractivity contribution in [3.05, 3.63) is 0 Å². The summed E-state index contributed by atoms with van der Waals surface area (Å²) >= 11 is 0. The summed E-state index contributed by atoms with van der Waals surface area (Å²) in [6.07, 6.45) is 7.53. The molecule has 1 aliphatic carbocycles. The normalized spacial score (nSPS) is 20.7. The SMILES string of the molecule is CNCC(C)C(=O)NC1CCCCCC1. The van der Waals surface area contributed by atoms with Gasteiger partial charge in [0.25, 0.3) is 0 Å². The van der Waals surface area contributed by atoms with Crippen LogP contribution in [0.15, 0.2) is 0 Å². The molecule has 0 spiro atoms. The fourth-order valence-corrected chi connectivity index (χ4v) is 2.17. The van der Waals surface area contributed by atoms with Gasteiger partial charge < -0.3 is 10.6 Å². The second kappa shape index (κ2) is 6.83. The van der Waals surface area contributed by atoms with Gasteiger partial charge in [-0.05, 0) is 19.9 Å². The standard InChI is InChI=1S/C12H24N2O/c1-10(9-13-2)12(15)14-11-7-5-3-4-6-8-11/h10-11,13H,3-9H2,1-2H3,(H,14,15). The van der Waals surface area contributed by atoms with Gasteiger partial charge >= 0.3 is 0 Å². The van der Waals surface area contributed by atoms with E-state index in [-0.39, 0.29) is 11.8 Å². The molecule has 1 atom stereocenters. The molecule has 0 bridgehead atoms. The Kier molecular flexibility index (Phi) is 5.69. The second-order valence-electron chi connectivity index (χ2n) is 4.66. The van der Waals surface area contributed by atoms with Gasteiger partial charge in [-0.25, -0.2) is 0 Å². The zero-order valence-corrected chi connectivity index (χ0v) is 10.0. The van der Waals surface area contributed by atoms with Gasteiger partial charge in [0.2, 0.25) is 5.91 Å². The quantitative estimate of drug-likeness (QED) is 0.696. The molecule has 0 saturated heterocycles. The lowest BCUT2D eigenvalue weighted by Gasteiger charge is -2.19. The monoisotopic (exact) mass is 212 g/mol. The summed E-state index contributed by atoms with van der Waals surface area (Å²) in [4.78, 5) is 11.8. The highest BCUT2D eigenvalue weighted by molar-refractivity contribution is 5.78. The molecule has 88 valence electrons. The summed E-state index contributed by atoms with van der Waals surface area (Å²) in [5.74, 6) is 0.287. The Morgan fingerprint density at radius 3 is 2.40 bits per heavy atom. The van der Waals surface area contributed by atoms with Crippen molar-refractivity contribution in [2.45, 2.75) is 51.5 Å². The molecule has 1 fully saturated rings. The Hall–Kier alpha value is -0.570. The molecule has 0 aromatic rings. The Balaban J connectivity index is 2.28. The third-order valence-electron chi connectivity index (χ3n) is 3.16. The zero-order chi connectivity index (χ0) is 11.1. The molecule has 0 aromatic carbocycles. The molecule has 1 rings (SSSR count). The maximum absolute atomic E-state index is 11.8. The Bertz CT molecular complexity index is 186.